The van der Waals surface area contributed by atoms with Gasteiger partial charge in [0, 0.05) is 22.7 Å². The summed E-state index contributed by atoms with van der Waals surface area (Å²) in [6.07, 6.45) is 1.55. The topological polar surface area (TPSA) is 91.3 Å². The molecule has 3 rings (SSSR count). The Balaban J connectivity index is 1.80. The Morgan fingerprint density at radius 2 is 1.67 bits per heavy atom. The number of carbonyl (C=O) groups excluding carboxylic acids is 2. The minimum absolute atomic E-state index is 0.108. The van der Waals surface area contributed by atoms with Crippen LogP contribution in [0.4, 0.5) is 11.5 Å². The third-order valence-electron chi connectivity index (χ3n) is 3.51. The number of hydrogen-bond donors (Lipinski definition) is 3. The van der Waals surface area contributed by atoms with E-state index in [1.165, 1.54) is 0 Å². The van der Waals surface area contributed by atoms with Gasteiger partial charge in [0.15, 0.2) is 0 Å². The molecule has 6 heteroatoms. The molecule has 2 amide bonds. The first kappa shape index (κ1) is 15.5. The van der Waals surface area contributed by atoms with Crippen LogP contribution < -0.4 is 10.6 Å². The maximum atomic E-state index is 12.1. The Bertz CT molecular complexity index is 938. The van der Waals surface area contributed by atoms with Gasteiger partial charge in [-0.05, 0) is 36.8 Å². The molecule has 3 aromatic rings. The molecule has 1 aromatic heterocycles. The highest BCUT2D eigenvalue weighted by Crippen LogP contribution is 2.29. The van der Waals surface area contributed by atoms with Crippen LogP contribution in [0.15, 0.2) is 54.7 Å². The number of fused-ring (bicyclic) bond motifs is 1. The highest BCUT2D eigenvalue weighted by atomic mass is 16.3. The van der Waals surface area contributed by atoms with Gasteiger partial charge in [0.2, 0.25) is 0 Å². The van der Waals surface area contributed by atoms with Crippen LogP contribution in [0.3, 0.4) is 0 Å². The van der Waals surface area contributed by atoms with Crippen molar-refractivity contribution in [1.29, 1.82) is 0 Å². The number of benzene rings is 2. The van der Waals surface area contributed by atoms with Gasteiger partial charge < -0.3 is 15.7 Å². The first-order valence-corrected chi connectivity index (χ1v) is 7.30. The molecule has 0 atom stereocenters. The number of phenolic OH excluding ortho intramolecular Hbond substituents is 1. The number of aryl methyl sites for hydroxylation is 1. The van der Waals surface area contributed by atoms with Gasteiger partial charge in [0.25, 0.3) is 0 Å². The quantitative estimate of drug-likeness (QED) is 0.633. The summed E-state index contributed by atoms with van der Waals surface area (Å²) in [6.45, 7) is 1.86. The minimum atomic E-state index is -0.815. The molecular weight excluding hydrogens is 306 g/mol. The molecule has 0 aliphatic heterocycles. The lowest BCUT2D eigenvalue weighted by atomic mass is 10.1. The maximum absolute atomic E-state index is 12.1. The molecule has 0 bridgehead atoms. The molecule has 1 heterocycles. The summed E-state index contributed by atoms with van der Waals surface area (Å²) in [5.41, 5.74) is 1.37. The lowest BCUT2D eigenvalue weighted by Crippen LogP contribution is -2.29. The summed E-state index contributed by atoms with van der Waals surface area (Å²) in [5.74, 6) is -1.21. The van der Waals surface area contributed by atoms with E-state index < -0.39 is 11.8 Å². The van der Waals surface area contributed by atoms with E-state index in [1.807, 2.05) is 6.92 Å². The van der Waals surface area contributed by atoms with E-state index in [9.17, 15) is 14.7 Å². The average Bonchev–Trinajstić information content (AvgIpc) is 2.56. The molecule has 120 valence electrons. The molecule has 3 N–H and O–H groups in total. The third kappa shape index (κ3) is 3.17. The molecule has 0 radical (unpaired) electrons. The highest BCUT2D eigenvalue weighted by Gasteiger charge is 2.16. The van der Waals surface area contributed by atoms with E-state index in [4.69, 9.17) is 0 Å². The van der Waals surface area contributed by atoms with Crippen LogP contribution in [0.1, 0.15) is 5.56 Å². The number of nitrogens with one attached hydrogen (secondary N) is 2. The molecule has 0 saturated carbocycles. The van der Waals surface area contributed by atoms with E-state index in [0.29, 0.717) is 22.3 Å². The summed E-state index contributed by atoms with van der Waals surface area (Å²) < 4.78 is 0. The van der Waals surface area contributed by atoms with Gasteiger partial charge in [0.05, 0.1) is 0 Å². The van der Waals surface area contributed by atoms with Crippen LogP contribution in [-0.4, -0.2) is 21.9 Å². The lowest BCUT2D eigenvalue weighted by molar-refractivity contribution is -0.133. The number of rotatable bonds is 2. The summed E-state index contributed by atoms with van der Waals surface area (Å²) >= 11 is 0. The third-order valence-corrected chi connectivity index (χ3v) is 3.51. The first-order chi connectivity index (χ1) is 11.5. The zero-order chi connectivity index (χ0) is 17.1. The Labute approximate surface area is 138 Å². The van der Waals surface area contributed by atoms with E-state index >= 15 is 0 Å². The summed E-state index contributed by atoms with van der Waals surface area (Å²) in [5, 5.41) is 16.1. The molecule has 0 fully saturated rings. The van der Waals surface area contributed by atoms with Crippen LogP contribution in [0.25, 0.3) is 10.8 Å². The van der Waals surface area contributed by atoms with E-state index in [-0.39, 0.29) is 5.75 Å². The highest BCUT2D eigenvalue weighted by molar-refractivity contribution is 6.44. The lowest BCUT2D eigenvalue weighted by Gasteiger charge is -2.09. The van der Waals surface area contributed by atoms with Crippen LogP contribution >= 0.6 is 0 Å². The Kier molecular flexibility index (Phi) is 4.11. The number of aromatic nitrogens is 1. The van der Waals surface area contributed by atoms with Gasteiger partial charge in [-0.2, -0.15) is 0 Å². The molecule has 0 aliphatic rings. The normalized spacial score (nSPS) is 10.4. The van der Waals surface area contributed by atoms with Crippen molar-refractivity contribution in [2.75, 3.05) is 10.6 Å². The maximum Gasteiger partial charge on any atom is 0.315 e. The fourth-order valence-corrected chi connectivity index (χ4v) is 2.36. The zero-order valence-electron chi connectivity index (χ0n) is 12.9. The van der Waals surface area contributed by atoms with Crippen LogP contribution in [0.2, 0.25) is 0 Å². The van der Waals surface area contributed by atoms with Crippen molar-refractivity contribution in [2.45, 2.75) is 6.92 Å². The predicted molar refractivity (Wildman–Crippen MR) is 91.8 cm³/mol. The molecule has 24 heavy (non-hydrogen) atoms. The summed E-state index contributed by atoms with van der Waals surface area (Å²) in [6, 6.07) is 13.5. The summed E-state index contributed by atoms with van der Waals surface area (Å²) in [4.78, 5) is 28.1. The number of carbonyl (C=O) groups is 2. The Morgan fingerprint density at radius 1 is 0.958 bits per heavy atom. The Hall–Kier alpha value is -3.41. The fraction of sp³-hybridized carbons (Fsp3) is 0.0556. The smallest absolute Gasteiger partial charge is 0.315 e. The summed E-state index contributed by atoms with van der Waals surface area (Å²) in [7, 11) is 0. The molecule has 0 saturated heterocycles. The van der Waals surface area contributed by atoms with Gasteiger partial charge >= 0.3 is 11.8 Å². The largest absolute Gasteiger partial charge is 0.507 e. The molecule has 0 aliphatic carbocycles. The van der Waals surface area contributed by atoms with Gasteiger partial charge in [-0.3, -0.25) is 9.59 Å². The SMILES string of the molecule is Cc1ccnc(NC(=O)C(=O)Nc2cccc3c(O)cccc23)c1. The van der Waals surface area contributed by atoms with Crippen molar-refractivity contribution in [2.24, 2.45) is 0 Å². The van der Waals surface area contributed by atoms with Crippen molar-refractivity contribution >= 4 is 34.1 Å². The number of anilines is 2. The molecular formula is C18H15N3O3. The second-order valence-corrected chi connectivity index (χ2v) is 5.30. The van der Waals surface area contributed by atoms with Crippen molar-refractivity contribution in [3.8, 4) is 5.75 Å². The number of aromatic hydroxyl groups is 1. The van der Waals surface area contributed by atoms with Crippen molar-refractivity contribution < 1.29 is 14.7 Å². The van der Waals surface area contributed by atoms with Crippen LogP contribution in [-0.2, 0) is 9.59 Å². The van der Waals surface area contributed by atoms with E-state index in [2.05, 4.69) is 15.6 Å². The molecule has 6 nitrogen and oxygen atoms in total. The average molecular weight is 321 g/mol. The number of hydrogen-bond acceptors (Lipinski definition) is 4. The number of phenols is 1. The fourth-order valence-electron chi connectivity index (χ4n) is 2.36. The van der Waals surface area contributed by atoms with Gasteiger partial charge in [-0.1, -0.05) is 24.3 Å². The van der Waals surface area contributed by atoms with E-state index in [0.717, 1.165) is 5.56 Å². The van der Waals surface area contributed by atoms with Gasteiger partial charge in [0.1, 0.15) is 11.6 Å². The van der Waals surface area contributed by atoms with Gasteiger partial charge in [-0.15, -0.1) is 0 Å². The first-order valence-electron chi connectivity index (χ1n) is 7.30. The monoisotopic (exact) mass is 321 g/mol. The van der Waals surface area contributed by atoms with Gasteiger partial charge in [-0.25, -0.2) is 4.98 Å². The van der Waals surface area contributed by atoms with Crippen molar-refractivity contribution in [3.63, 3.8) is 0 Å². The second kappa shape index (κ2) is 6.37. The second-order valence-electron chi connectivity index (χ2n) is 5.30. The van der Waals surface area contributed by atoms with E-state index in [1.54, 1.807) is 54.7 Å². The van der Waals surface area contributed by atoms with Crippen LogP contribution in [0.5, 0.6) is 5.75 Å². The van der Waals surface area contributed by atoms with Crippen molar-refractivity contribution in [1.82, 2.24) is 4.98 Å². The Morgan fingerprint density at radius 3 is 2.46 bits per heavy atom. The molecule has 0 unspecified atom stereocenters. The standard InChI is InChI=1S/C18H15N3O3/c1-11-8-9-19-16(10-11)21-18(24)17(23)20-14-6-2-5-13-12(14)4-3-7-15(13)22/h2-10,22H,1H3,(H,20,23)(H,19,21,24). The molecule has 0 spiro atoms. The minimum Gasteiger partial charge on any atom is -0.507 e. The molecule has 2 aromatic carbocycles. The predicted octanol–water partition coefficient (Wildman–Crippen LogP) is 2.83. The zero-order valence-corrected chi connectivity index (χ0v) is 12.9. The van der Waals surface area contributed by atoms with Crippen molar-refractivity contribution in [3.05, 3.63) is 60.3 Å². The number of amides is 2. The number of nitrogens with zero attached hydrogens (tertiary/aromatic N) is 1. The number of pyridine rings is 1. The van der Waals surface area contributed by atoms with Crippen LogP contribution in [0, 0.1) is 6.92 Å².